The van der Waals surface area contributed by atoms with Crippen molar-refractivity contribution in [2.75, 3.05) is 26.0 Å². The summed E-state index contributed by atoms with van der Waals surface area (Å²) >= 11 is 0. The third-order valence-corrected chi connectivity index (χ3v) is 3.54. The average Bonchev–Trinajstić information content (AvgIpc) is 2.54. The van der Waals surface area contributed by atoms with E-state index in [9.17, 15) is 9.18 Å². The van der Waals surface area contributed by atoms with Gasteiger partial charge in [0.05, 0.1) is 0 Å². The summed E-state index contributed by atoms with van der Waals surface area (Å²) in [5.74, 6) is -0.377. The van der Waals surface area contributed by atoms with Gasteiger partial charge in [0.15, 0.2) is 0 Å². The first-order valence-electron chi connectivity index (χ1n) is 7.41. The second kappa shape index (κ2) is 7.58. The molecule has 0 aliphatic rings. The Bertz CT molecular complexity index is 676. The lowest BCUT2D eigenvalue weighted by molar-refractivity contribution is -0.125. The van der Waals surface area contributed by atoms with Crippen LogP contribution in [0.3, 0.4) is 0 Å². The molecule has 4 heteroatoms. The summed E-state index contributed by atoms with van der Waals surface area (Å²) in [5.41, 5.74) is 2.99. The molecule has 0 aliphatic heterocycles. The highest BCUT2D eigenvalue weighted by atomic mass is 19.1. The van der Waals surface area contributed by atoms with Crippen LogP contribution in [0.1, 0.15) is 11.1 Å². The van der Waals surface area contributed by atoms with Crippen molar-refractivity contribution in [2.45, 2.75) is 6.54 Å². The molecule has 0 N–H and O–H groups in total. The zero-order valence-electron chi connectivity index (χ0n) is 13.7. The van der Waals surface area contributed by atoms with Gasteiger partial charge in [0.2, 0.25) is 5.91 Å². The van der Waals surface area contributed by atoms with Gasteiger partial charge in [0, 0.05) is 39.5 Å². The van der Waals surface area contributed by atoms with Crippen LogP contribution >= 0.6 is 0 Å². The van der Waals surface area contributed by atoms with Crippen molar-refractivity contribution >= 4 is 17.7 Å². The number of halogens is 1. The lowest BCUT2D eigenvalue weighted by Crippen LogP contribution is -2.24. The molecule has 0 saturated carbocycles. The van der Waals surface area contributed by atoms with E-state index in [1.54, 1.807) is 30.2 Å². The Hall–Kier alpha value is -2.62. The van der Waals surface area contributed by atoms with Gasteiger partial charge in [0.25, 0.3) is 0 Å². The summed E-state index contributed by atoms with van der Waals surface area (Å²) in [5, 5.41) is 0. The molecule has 0 aliphatic carbocycles. The van der Waals surface area contributed by atoms with Gasteiger partial charge in [-0.05, 0) is 41.5 Å². The van der Waals surface area contributed by atoms with Crippen LogP contribution in [0.5, 0.6) is 0 Å². The van der Waals surface area contributed by atoms with Crippen LogP contribution in [0.4, 0.5) is 10.1 Å². The van der Waals surface area contributed by atoms with Gasteiger partial charge in [-0.2, -0.15) is 0 Å². The maximum absolute atomic E-state index is 12.8. The van der Waals surface area contributed by atoms with E-state index < -0.39 is 0 Å². The zero-order valence-corrected chi connectivity index (χ0v) is 13.7. The molecule has 0 saturated heterocycles. The fourth-order valence-corrected chi connectivity index (χ4v) is 2.12. The summed E-state index contributed by atoms with van der Waals surface area (Å²) in [6.45, 7) is 0.542. The quantitative estimate of drug-likeness (QED) is 0.788. The SMILES string of the molecule is CN(Cc1ccc(N(C)C)cc1)C(=O)/C=C/c1ccc(F)cc1. The smallest absolute Gasteiger partial charge is 0.246 e. The van der Waals surface area contributed by atoms with Crippen LogP contribution in [0, 0.1) is 5.82 Å². The number of likely N-dealkylation sites (N-methyl/N-ethyl adjacent to an activating group) is 1. The number of nitrogens with zero attached hydrogens (tertiary/aromatic N) is 2. The van der Waals surface area contributed by atoms with Crippen LogP contribution in [0.2, 0.25) is 0 Å². The molecular formula is C19H21FN2O. The van der Waals surface area contributed by atoms with Gasteiger partial charge < -0.3 is 9.80 Å². The van der Waals surface area contributed by atoms with Crippen molar-refractivity contribution in [3.8, 4) is 0 Å². The Balaban J connectivity index is 1.95. The Morgan fingerprint density at radius 1 is 1.00 bits per heavy atom. The number of benzene rings is 2. The topological polar surface area (TPSA) is 23.6 Å². The van der Waals surface area contributed by atoms with Crippen molar-refractivity contribution in [3.05, 3.63) is 71.6 Å². The fraction of sp³-hybridized carbons (Fsp3) is 0.211. The van der Waals surface area contributed by atoms with E-state index in [1.807, 2.05) is 43.3 Å². The molecule has 0 atom stereocenters. The zero-order chi connectivity index (χ0) is 16.8. The summed E-state index contributed by atoms with van der Waals surface area (Å²) in [7, 11) is 5.74. The first kappa shape index (κ1) is 16.7. The molecule has 0 spiro atoms. The Kier molecular flexibility index (Phi) is 5.52. The van der Waals surface area contributed by atoms with Gasteiger partial charge in [0.1, 0.15) is 5.82 Å². The predicted molar refractivity (Wildman–Crippen MR) is 92.7 cm³/mol. The van der Waals surface area contributed by atoms with Crippen LogP contribution in [-0.4, -0.2) is 32.0 Å². The predicted octanol–water partition coefficient (Wildman–Crippen LogP) is 3.56. The summed E-state index contributed by atoms with van der Waals surface area (Å²) in [6.07, 6.45) is 3.19. The van der Waals surface area contributed by atoms with Crippen molar-refractivity contribution in [2.24, 2.45) is 0 Å². The van der Waals surface area contributed by atoms with E-state index >= 15 is 0 Å². The Morgan fingerprint density at radius 3 is 2.17 bits per heavy atom. The normalized spacial score (nSPS) is 10.8. The van der Waals surface area contributed by atoms with Crippen molar-refractivity contribution < 1.29 is 9.18 Å². The molecular weight excluding hydrogens is 291 g/mol. The molecule has 2 aromatic carbocycles. The first-order chi connectivity index (χ1) is 11.0. The van der Waals surface area contributed by atoms with Crippen molar-refractivity contribution in [1.29, 1.82) is 0 Å². The third-order valence-electron chi connectivity index (χ3n) is 3.54. The minimum absolute atomic E-state index is 0.0917. The molecule has 2 aromatic rings. The number of carbonyl (C=O) groups is 1. The van der Waals surface area contributed by atoms with Crippen LogP contribution in [0.15, 0.2) is 54.6 Å². The van der Waals surface area contributed by atoms with E-state index in [-0.39, 0.29) is 11.7 Å². The maximum atomic E-state index is 12.8. The van der Waals surface area contributed by atoms with Crippen molar-refractivity contribution in [1.82, 2.24) is 4.90 Å². The number of carbonyl (C=O) groups excluding carboxylic acids is 1. The van der Waals surface area contributed by atoms with Crippen LogP contribution < -0.4 is 4.90 Å². The van der Waals surface area contributed by atoms with Crippen LogP contribution in [-0.2, 0) is 11.3 Å². The maximum Gasteiger partial charge on any atom is 0.246 e. The van der Waals surface area contributed by atoms with Gasteiger partial charge in [-0.3, -0.25) is 4.79 Å². The van der Waals surface area contributed by atoms with Crippen molar-refractivity contribution in [3.63, 3.8) is 0 Å². The molecule has 3 nitrogen and oxygen atoms in total. The highest BCUT2D eigenvalue weighted by Crippen LogP contribution is 2.13. The van der Waals surface area contributed by atoms with E-state index in [1.165, 1.54) is 18.2 Å². The van der Waals surface area contributed by atoms with Gasteiger partial charge in [-0.1, -0.05) is 24.3 Å². The van der Waals surface area contributed by atoms with Crippen LogP contribution in [0.25, 0.3) is 6.08 Å². The fourth-order valence-electron chi connectivity index (χ4n) is 2.12. The molecule has 0 bridgehead atoms. The summed E-state index contributed by atoms with van der Waals surface area (Å²) in [6, 6.07) is 14.1. The number of hydrogen-bond donors (Lipinski definition) is 0. The molecule has 23 heavy (non-hydrogen) atoms. The van der Waals surface area contributed by atoms with Gasteiger partial charge in [-0.25, -0.2) is 4.39 Å². The minimum atomic E-state index is -0.285. The van der Waals surface area contributed by atoms with E-state index in [0.29, 0.717) is 6.54 Å². The number of rotatable bonds is 5. The second-order valence-electron chi connectivity index (χ2n) is 5.64. The minimum Gasteiger partial charge on any atom is -0.378 e. The molecule has 0 radical (unpaired) electrons. The van der Waals surface area contributed by atoms with E-state index in [0.717, 1.165) is 16.8 Å². The lowest BCUT2D eigenvalue weighted by atomic mass is 10.2. The Labute approximate surface area is 136 Å². The highest BCUT2D eigenvalue weighted by Gasteiger charge is 2.06. The average molecular weight is 312 g/mol. The second-order valence-corrected chi connectivity index (χ2v) is 5.64. The molecule has 2 rings (SSSR count). The molecule has 1 amide bonds. The monoisotopic (exact) mass is 312 g/mol. The molecule has 120 valence electrons. The number of hydrogen-bond acceptors (Lipinski definition) is 2. The molecule has 0 unspecified atom stereocenters. The van der Waals surface area contributed by atoms with E-state index in [2.05, 4.69) is 0 Å². The van der Waals surface area contributed by atoms with Gasteiger partial charge in [-0.15, -0.1) is 0 Å². The largest absolute Gasteiger partial charge is 0.378 e. The third kappa shape index (κ3) is 4.95. The lowest BCUT2D eigenvalue weighted by Gasteiger charge is -2.17. The standard InChI is InChI=1S/C19H21FN2O/c1-21(2)18-11-6-16(7-12-18)14-22(3)19(23)13-8-15-4-9-17(20)10-5-15/h4-13H,14H2,1-3H3/b13-8+. The molecule has 0 heterocycles. The Morgan fingerprint density at radius 2 is 1.61 bits per heavy atom. The number of amides is 1. The molecule has 0 aromatic heterocycles. The van der Waals surface area contributed by atoms with Gasteiger partial charge >= 0.3 is 0 Å². The summed E-state index contributed by atoms with van der Waals surface area (Å²) < 4.78 is 12.8. The number of anilines is 1. The highest BCUT2D eigenvalue weighted by molar-refractivity contribution is 5.91. The summed E-state index contributed by atoms with van der Waals surface area (Å²) in [4.78, 5) is 15.8. The first-order valence-corrected chi connectivity index (χ1v) is 7.41. The molecule has 0 fully saturated rings. The van der Waals surface area contributed by atoms with E-state index in [4.69, 9.17) is 0 Å².